The van der Waals surface area contributed by atoms with Crippen LogP contribution in [0.25, 0.3) is 0 Å². The highest BCUT2D eigenvalue weighted by Gasteiger charge is 2.34. The Bertz CT molecular complexity index is 943. The SMILES string of the molecule is BN1CC(COCc2ccccc2)CC(N(C(=O)c2ccc(OC)c(OCCCOC)c2)C(C)C)C1. The van der Waals surface area contributed by atoms with E-state index in [0.717, 1.165) is 25.9 Å². The molecule has 0 N–H and O–H groups in total. The summed E-state index contributed by atoms with van der Waals surface area (Å²) in [5.41, 5.74) is 1.79. The van der Waals surface area contributed by atoms with E-state index < -0.39 is 0 Å². The van der Waals surface area contributed by atoms with Gasteiger partial charge in [0.05, 0.1) is 26.9 Å². The Hall–Kier alpha value is -2.55. The normalized spacial score (nSPS) is 18.2. The largest absolute Gasteiger partial charge is 0.493 e. The fourth-order valence-electron chi connectivity index (χ4n) is 4.93. The Labute approximate surface area is 217 Å². The minimum absolute atomic E-state index is 0.0126. The summed E-state index contributed by atoms with van der Waals surface area (Å²) >= 11 is 0. The molecular weight excluding hydrogens is 455 g/mol. The Morgan fingerprint density at radius 1 is 1.08 bits per heavy atom. The minimum Gasteiger partial charge on any atom is -0.493 e. The van der Waals surface area contributed by atoms with Crippen molar-refractivity contribution in [1.82, 2.24) is 9.71 Å². The molecule has 1 aliphatic heterocycles. The lowest BCUT2D eigenvalue weighted by molar-refractivity contribution is 0.0246. The van der Waals surface area contributed by atoms with Crippen molar-refractivity contribution in [2.75, 3.05) is 47.1 Å². The van der Waals surface area contributed by atoms with Crippen molar-refractivity contribution >= 4 is 13.9 Å². The van der Waals surface area contributed by atoms with Crippen LogP contribution >= 0.6 is 0 Å². The van der Waals surface area contributed by atoms with Crippen LogP contribution in [0.15, 0.2) is 48.5 Å². The van der Waals surface area contributed by atoms with Gasteiger partial charge >= 0.3 is 0 Å². The van der Waals surface area contributed by atoms with Gasteiger partial charge in [0.25, 0.3) is 5.91 Å². The first-order valence-corrected chi connectivity index (χ1v) is 12.9. The van der Waals surface area contributed by atoms with Crippen molar-refractivity contribution in [1.29, 1.82) is 0 Å². The van der Waals surface area contributed by atoms with Gasteiger partial charge in [-0.1, -0.05) is 30.3 Å². The molecule has 2 aromatic carbocycles. The van der Waals surface area contributed by atoms with E-state index in [1.165, 1.54) is 5.56 Å². The van der Waals surface area contributed by atoms with Crippen molar-refractivity contribution in [3.63, 3.8) is 0 Å². The third-order valence-electron chi connectivity index (χ3n) is 6.51. The number of methoxy groups -OCH3 is 2. The van der Waals surface area contributed by atoms with E-state index in [4.69, 9.17) is 18.9 Å². The van der Waals surface area contributed by atoms with Crippen molar-refractivity contribution in [2.45, 2.75) is 45.4 Å². The molecule has 7 nitrogen and oxygen atoms in total. The summed E-state index contributed by atoms with van der Waals surface area (Å²) in [6.45, 7) is 8.37. The lowest BCUT2D eigenvalue weighted by Gasteiger charge is -2.43. The summed E-state index contributed by atoms with van der Waals surface area (Å²) in [6, 6.07) is 15.9. The molecule has 3 rings (SSSR count). The molecule has 196 valence electrons. The summed E-state index contributed by atoms with van der Waals surface area (Å²) in [5, 5.41) is 0. The predicted molar refractivity (Wildman–Crippen MR) is 144 cm³/mol. The minimum atomic E-state index is 0.0126. The second-order valence-corrected chi connectivity index (χ2v) is 9.84. The molecule has 2 unspecified atom stereocenters. The summed E-state index contributed by atoms with van der Waals surface area (Å²) in [4.78, 5) is 18.1. The van der Waals surface area contributed by atoms with Crippen LogP contribution in [-0.2, 0) is 16.1 Å². The number of ether oxygens (including phenoxy) is 4. The molecule has 0 aromatic heterocycles. The summed E-state index contributed by atoms with van der Waals surface area (Å²) in [7, 11) is 5.40. The number of benzene rings is 2. The van der Waals surface area contributed by atoms with E-state index >= 15 is 0 Å². The topological polar surface area (TPSA) is 60.5 Å². The maximum atomic E-state index is 13.8. The van der Waals surface area contributed by atoms with Gasteiger partial charge in [-0.25, -0.2) is 0 Å². The van der Waals surface area contributed by atoms with E-state index in [-0.39, 0.29) is 18.0 Å². The number of carbonyl (C=O) groups is 1. The lowest BCUT2D eigenvalue weighted by atomic mass is 9.90. The Kier molecular flexibility index (Phi) is 11.1. The average molecular weight is 496 g/mol. The standard InChI is InChI=1S/C28H41BN2O5/c1-21(2)31(28(32)24-11-12-26(34-4)27(16-24)36-14-8-13-33-3)25-15-23(17-30(29)18-25)20-35-19-22-9-6-5-7-10-22/h5-7,9-12,16,21,23,25H,8,13-15,17-20,29H2,1-4H3. The summed E-state index contributed by atoms with van der Waals surface area (Å²) in [6.07, 6.45) is 1.68. The molecule has 2 aromatic rings. The Morgan fingerprint density at radius 2 is 1.86 bits per heavy atom. The lowest BCUT2D eigenvalue weighted by Crippen LogP contribution is -2.55. The highest BCUT2D eigenvalue weighted by molar-refractivity contribution is 6.04. The fourth-order valence-corrected chi connectivity index (χ4v) is 4.93. The Balaban J connectivity index is 1.69. The predicted octanol–water partition coefficient (Wildman–Crippen LogP) is 3.42. The van der Waals surface area contributed by atoms with E-state index in [1.807, 2.05) is 35.2 Å². The van der Waals surface area contributed by atoms with Crippen LogP contribution in [0.4, 0.5) is 0 Å². The third kappa shape index (κ3) is 7.98. The van der Waals surface area contributed by atoms with Gasteiger partial charge in [-0.3, -0.25) is 4.79 Å². The molecule has 1 saturated heterocycles. The number of rotatable bonds is 13. The van der Waals surface area contributed by atoms with Crippen LogP contribution < -0.4 is 9.47 Å². The van der Waals surface area contributed by atoms with Crippen LogP contribution in [0.5, 0.6) is 11.5 Å². The molecule has 0 radical (unpaired) electrons. The van der Waals surface area contributed by atoms with Gasteiger partial charge in [0.1, 0.15) is 0 Å². The van der Waals surface area contributed by atoms with Crippen LogP contribution in [-0.4, -0.2) is 82.8 Å². The van der Waals surface area contributed by atoms with E-state index in [0.29, 0.717) is 49.4 Å². The van der Waals surface area contributed by atoms with E-state index in [9.17, 15) is 4.79 Å². The van der Waals surface area contributed by atoms with Crippen LogP contribution in [0, 0.1) is 5.92 Å². The monoisotopic (exact) mass is 496 g/mol. The number of hydrogen-bond acceptors (Lipinski definition) is 6. The first kappa shape index (κ1) is 28.0. The number of nitrogens with zero attached hydrogens (tertiary/aromatic N) is 2. The maximum Gasteiger partial charge on any atom is 0.254 e. The second kappa shape index (κ2) is 14.3. The summed E-state index contributed by atoms with van der Waals surface area (Å²) in [5.74, 6) is 1.57. The molecular formula is C28H41BN2O5. The highest BCUT2D eigenvalue weighted by atomic mass is 16.5. The van der Waals surface area contributed by atoms with Gasteiger partial charge in [-0.2, -0.15) is 0 Å². The van der Waals surface area contributed by atoms with Crippen molar-refractivity contribution < 1.29 is 23.7 Å². The smallest absolute Gasteiger partial charge is 0.254 e. The molecule has 0 aliphatic carbocycles. The zero-order valence-corrected chi connectivity index (χ0v) is 22.4. The van der Waals surface area contributed by atoms with Gasteiger partial charge < -0.3 is 28.7 Å². The molecule has 8 heteroatoms. The number of piperidine rings is 1. The molecule has 1 amide bonds. The first-order valence-electron chi connectivity index (χ1n) is 12.9. The van der Waals surface area contributed by atoms with Crippen LogP contribution in [0.2, 0.25) is 0 Å². The molecule has 1 fully saturated rings. The van der Waals surface area contributed by atoms with Gasteiger partial charge in [0.2, 0.25) is 0 Å². The van der Waals surface area contributed by atoms with Crippen molar-refractivity contribution in [3.8, 4) is 11.5 Å². The van der Waals surface area contributed by atoms with Crippen molar-refractivity contribution in [2.24, 2.45) is 5.92 Å². The van der Waals surface area contributed by atoms with Gasteiger partial charge in [0, 0.05) is 44.3 Å². The van der Waals surface area contributed by atoms with Crippen LogP contribution in [0.3, 0.4) is 0 Å². The third-order valence-corrected chi connectivity index (χ3v) is 6.51. The van der Waals surface area contributed by atoms with E-state index in [2.05, 4.69) is 38.8 Å². The summed E-state index contributed by atoms with van der Waals surface area (Å²) < 4.78 is 22.5. The molecule has 36 heavy (non-hydrogen) atoms. The fraction of sp³-hybridized carbons (Fsp3) is 0.536. The van der Waals surface area contributed by atoms with E-state index in [1.54, 1.807) is 20.3 Å². The van der Waals surface area contributed by atoms with Crippen molar-refractivity contribution in [3.05, 3.63) is 59.7 Å². The zero-order chi connectivity index (χ0) is 25.9. The molecule has 0 saturated carbocycles. The zero-order valence-electron chi connectivity index (χ0n) is 22.4. The number of hydrogen-bond donors (Lipinski definition) is 0. The quantitative estimate of drug-likeness (QED) is 0.313. The molecule has 0 bridgehead atoms. The van der Waals surface area contributed by atoms with Gasteiger partial charge in [-0.15, -0.1) is 0 Å². The first-order chi connectivity index (χ1) is 17.4. The maximum absolute atomic E-state index is 13.8. The van der Waals surface area contributed by atoms with Crippen LogP contribution in [0.1, 0.15) is 42.6 Å². The number of amides is 1. The molecule has 2 atom stereocenters. The molecule has 1 aliphatic rings. The molecule has 1 heterocycles. The van der Waals surface area contributed by atoms with Gasteiger partial charge in [-0.05, 0) is 56.5 Å². The van der Waals surface area contributed by atoms with Gasteiger partial charge in [0.15, 0.2) is 19.5 Å². The second-order valence-electron chi connectivity index (χ2n) is 9.84. The average Bonchev–Trinajstić information content (AvgIpc) is 2.86. The highest BCUT2D eigenvalue weighted by Crippen LogP contribution is 2.30. The Morgan fingerprint density at radius 3 is 2.56 bits per heavy atom. The molecule has 0 spiro atoms. The number of carbonyl (C=O) groups excluding carboxylic acids is 1.